The molecule has 0 bridgehead atoms. The van der Waals surface area contributed by atoms with Gasteiger partial charge in [-0.1, -0.05) is 24.3 Å². The molecule has 6 heteroatoms. The van der Waals surface area contributed by atoms with Crippen molar-refractivity contribution in [1.82, 2.24) is 16.0 Å². The van der Waals surface area contributed by atoms with E-state index in [0.29, 0.717) is 0 Å². The van der Waals surface area contributed by atoms with Crippen LogP contribution in [0.4, 0.5) is 4.79 Å². The first kappa shape index (κ1) is 15.3. The van der Waals surface area contributed by atoms with Gasteiger partial charge >= 0.3 is 12.0 Å². The summed E-state index contributed by atoms with van der Waals surface area (Å²) in [5.74, 6) is -0.399. The van der Waals surface area contributed by atoms with E-state index < -0.39 is 12.0 Å². The van der Waals surface area contributed by atoms with Gasteiger partial charge in [0.2, 0.25) is 0 Å². The third-order valence-electron chi connectivity index (χ3n) is 3.74. The lowest BCUT2D eigenvalue weighted by molar-refractivity contribution is -0.142. The lowest BCUT2D eigenvalue weighted by Gasteiger charge is -2.17. The average molecular weight is 291 g/mol. The van der Waals surface area contributed by atoms with Crippen LogP contribution in [-0.4, -0.2) is 38.7 Å². The van der Waals surface area contributed by atoms with Crippen LogP contribution in [0, 0.1) is 0 Å². The number of esters is 1. The number of benzene rings is 1. The summed E-state index contributed by atoms with van der Waals surface area (Å²) >= 11 is 0. The van der Waals surface area contributed by atoms with Crippen LogP contribution in [0.15, 0.2) is 24.3 Å². The van der Waals surface area contributed by atoms with Crippen LogP contribution in [0.3, 0.4) is 0 Å². The Balaban J connectivity index is 1.84. The largest absolute Gasteiger partial charge is 0.468 e. The van der Waals surface area contributed by atoms with Gasteiger partial charge in [-0.2, -0.15) is 0 Å². The molecular weight excluding hydrogens is 270 g/mol. The minimum atomic E-state index is -0.545. The van der Waals surface area contributed by atoms with Crippen molar-refractivity contribution in [1.29, 1.82) is 0 Å². The third kappa shape index (κ3) is 3.72. The van der Waals surface area contributed by atoms with E-state index in [1.807, 2.05) is 18.2 Å². The number of amides is 2. The number of likely N-dealkylation sites (N-methyl/N-ethyl adjacent to an activating group) is 1. The fourth-order valence-electron chi connectivity index (χ4n) is 2.56. The van der Waals surface area contributed by atoms with Crippen LogP contribution in [0.2, 0.25) is 0 Å². The van der Waals surface area contributed by atoms with E-state index in [2.05, 4.69) is 26.8 Å². The molecule has 0 heterocycles. The number of urea groups is 1. The second-order valence-corrected chi connectivity index (χ2v) is 5.01. The maximum absolute atomic E-state index is 11.9. The molecule has 0 radical (unpaired) electrons. The molecule has 6 nitrogen and oxygen atoms in total. The highest BCUT2D eigenvalue weighted by Gasteiger charge is 2.24. The maximum atomic E-state index is 11.9. The minimum absolute atomic E-state index is 0.0346. The number of fused-ring (bicyclic) bond motifs is 1. The molecule has 1 aliphatic rings. The lowest BCUT2D eigenvalue weighted by Crippen LogP contribution is -2.48. The Labute approximate surface area is 124 Å². The summed E-state index contributed by atoms with van der Waals surface area (Å²) in [6.07, 6.45) is 1.88. The Morgan fingerprint density at radius 2 is 2.14 bits per heavy atom. The SMILES string of the molecule is CN[C@@H](CNC(=O)N[C@@H]1CCc2ccccc21)C(=O)OC. The van der Waals surface area contributed by atoms with Gasteiger partial charge in [-0.25, -0.2) is 4.79 Å². The van der Waals surface area contributed by atoms with Crippen molar-refractivity contribution >= 4 is 12.0 Å². The number of nitrogens with one attached hydrogen (secondary N) is 3. The molecule has 0 saturated carbocycles. The highest BCUT2D eigenvalue weighted by atomic mass is 16.5. The van der Waals surface area contributed by atoms with Crippen molar-refractivity contribution in [3.8, 4) is 0 Å². The minimum Gasteiger partial charge on any atom is -0.468 e. The Bertz CT molecular complexity index is 519. The van der Waals surface area contributed by atoms with Crippen molar-refractivity contribution in [3.63, 3.8) is 0 Å². The van der Waals surface area contributed by atoms with Gasteiger partial charge in [-0.3, -0.25) is 4.79 Å². The standard InChI is InChI=1S/C15H21N3O3/c1-16-13(14(19)21-2)9-17-15(20)18-12-8-7-10-5-3-4-6-11(10)12/h3-6,12-13,16H,7-9H2,1-2H3,(H2,17,18,20)/t12-,13+/m1/s1. The van der Waals surface area contributed by atoms with E-state index in [4.69, 9.17) is 0 Å². The van der Waals surface area contributed by atoms with Crippen molar-refractivity contribution in [2.24, 2.45) is 0 Å². The number of aryl methyl sites for hydroxylation is 1. The Morgan fingerprint density at radius 1 is 1.38 bits per heavy atom. The van der Waals surface area contributed by atoms with Crippen molar-refractivity contribution < 1.29 is 14.3 Å². The predicted molar refractivity (Wildman–Crippen MR) is 78.9 cm³/mol. The van der Waals surface area contributed by atoms with Crippen LogP contribution in [-0.2, 0) is 16.0 Å². The zero-order valence-electron chi connectivity index (χ0n) is 12.3. The van der Waals surface area contributed by atoms with Gasteiger partial charge in [0.1, 0.15) is 6.04 Å². The number of hydrogen-bond acceptors (Lipinski definition) is 4. The smallest absolute Gasteiger partial charge is 0.324 e. The molecule has 0 aliphatic heterocycles. The summed E-state index contributed by atoms with van der Waals surface area (Å²) in [7, 11) is 2.97. The summed E-state index contributed by atoms with van der Waals surface area (Å²) in [5.41, 5.74) is 2.45. The Kier molecular flexibility index (Phi) is 5.16. The predicted octanol–water partition coefficient (Wildman–Crippen LogP) is 0.734. The number of carbonyl (C=O) groups excluding carboxylic acids is 2. The zero-order valence-corrected chi connectivity index (χ0v) is 12.3. The van der Waals surface area contributed by atoms with E-state index in [1.165, 1.54) is 18.2 Å². The summed E-state index contributed by atoms with van der Waals surface area (Å²) < 4.78 is 4.64. The van der Waals surface area contributed by atoms with Gasteiger partial charge < -0.3 is 20.7 Å². The molecule has 0 saturated heterocycles. The van der Waals surface area contributed by atoms with Crippen LogP contribution in [0.1, 0.15) is 23.6 Å². The second kappa shape index (κ2) is 7.08. The number of hydrogen-bond donors (Lipinski definition) is 3. The molecule has 2 atom stereocenters. The summed E-state index contributed by atoms with van der Waals surface area (Å²) in [6, 6.07) is 7.33. The molecule has 1 aliphatic carbocycles. The number of methoxy groups -OCH3 is 1. The molecule has 0 fully saturated rings. The zero-order chi connectivity index (χ0) is 15.2. The van der Waals surface area contributed by atoms with E-state index in [9.17, 15) is 9.59 Å². The highest BCUT2D eigenvalue weighted by Crippen LogP contribution is 2.30. The van der Waals surface area contributed by atoms with Gasteiger partial charge in [0, 0.05) is 6.54 Å². The molecule has 2 rings (SSSR count). The number of rotatable bonds is 5. The topological polar surface area (TPSA) is 79.5 Å². The molecule has 0 aromatic heterocycles. The van der Waals surface area contributed by atoms with Crippen molar-refractivity contribution in [2.45, 2.75) is 24.9 Å². The first-order valence-corrected chi connectivity index (χ1v) is 7.03. The molecule has 1 aromatic carbocycles. The van der Waals surface area contributed by atoms with Gasteiger partial charge in [-0.05, 0) is 31.0 Å². The molecule has 2 amide bonds. The van der Waals surface area contributed by atoms with E-state index in [-0.39, 0.29) is 18.6 Å². The summed E-state index contributed by atoms with van der Waals surface area (Å²) in [5, 5.41) is 8.44. The molecule has 0 unspecified atom stereocenters. The van der Waals surface area contributed by atoms with E-state index >= 15 is 0 Å². The van der Waals surface area contributed by atoms with Gasteiger partial charge in [-0.15, -0.1) is 0 Å². The molecule has 1 aromatic rings. The summed E-state index contributed by atoms with van der Waals surface area (Å²) in [6.45, 7) is 0.184. The van der Waals surface area contributed by atoms with Crippen molar-refractivity contribution in [2.75, 3.05) is 20.7 Å². The molecule has 21 heavy (non-hydrogen) atoms. The van der Waals surface area contributed by atoms with E-state index in [1.54, 1.807) is 7.05 Å². The number of carbonyl (C=O) groups is 2. The van der Waals surface area contributed by atoms with Gasteiger partial charge in [0.25, 0.3) is 0 Å². The Morgan fingerprint density at radius 3 is 2.86 bits per heavy atom. The van der Waals surface area contributed by atoms with Gasteiger partial charge in [0.15, 0.2) is 0 Å². The third-order valence-corrected chi connectivity index (χ3v) is 3.74. The molecular formula is C15H21N3O3. The van der Waals surface area contributed by atoms with Crippen molar-refractivity contribution in [3.05, 3.63) is 35.4 Å². The molecule has 0 spiro atoms. The van der Waals surface area contributed by atoms with E-state index in [0.717, 1.165) is 12.8 Å². The van der Waals surface area contributed by atoms with Gasteiger partial charge in [0.05, 0.1) is 13.2 Å². The van der Waals surface area contributed by atoms with Crippen LogP contribution in [0.25, 0.3) is 0 Å². The normalized spacial score (nSPS) is 17.7. The second-order valence-electron chi connectivity index (χ2n) is 5.01. The first-order valence-electron chi connectivity index (χ1n) is 7.03. The average Bonchev–Trinajstić information content (AvgIpc) is 2.91. The quantitative estimate of drug-likeness (QED) is 0.699. The Hall–Kier alpha value is -2.08. The van der Waals surface area contributed by atoms with Crippen LogP contribution in [0.5, 0.6) is 0 Å². The molecule has 3 N–H and O–H groups in total. The summed E-state index contributed by atoms with van der Waals surface area (Å²) in [4.78, 5) is 23.3. The fourth-order valence-corrected chi connectivity index (χ4v) is 2.56. The van der Waals surface area contributed by atoms with Crippen LogP contribution >= 0.6 is 0 Å². The fraction of sp³-hybridized carbons (Fsp3) is 0.467. The molecule has 114 valence electrons. The number of ether oxygens (including phenoxy) is 1. The highest BCUT2D eigenvalue weighted by molar-refractivity contribution is 5.78. The van der Waals surface area contributed by atoms with Crippen LogP contribution < -0.4 is 16.0 Å². The maximum Gasteiger partial charge on any atom is 0.324 e. The monoisotopic (exact) mass is 291 g/mol. The lowest BCUT2D eigenvalue weighted by atomic mass is 10.1. The first-order chi connectivity index (χ1) is 10.2.